The Bertz CT molecular complexity index is 1400. The van der Waals surface area contributed by atoms with Crippen molar-refractivity contribution < 1.29 is 13.9 Å². The van der Waals surface area contributed by atoms with Gasteiger partial charge in [0.05, 0.1) is 19.1 Å². The predicted molar refractivity (Wildman–Crippen MR) is 135 cm³/mol. The number of methoxy groups -OCH3 is 1. The van der Waals surface area contributed by atoms with Gasteiger partial charge in [-0.15, -0.1) is 0 Å². The maximum absolute atomic E-state index is 15.0. The highest BCUT2D eigenvalue weighted by Crippen LogP contribution is 2.34. The van der Waals surface area contributed by atoms with Gasteiger partial charge in [0.25, 0.3) is 5.91 Å². The number of aryl methyl sites for hydroxylation is 2. The van der Waals surface area contributed by atoms with E-state index in [9.17, 15) is 4.79 Å². The van der Waals surface area contributed by atoms with Crippen LogP contribution in [-0.2, 0) is 9.53 Å². The number of halogens is 1. The first-order valence-electron chi connectivity index (χ1n) is 11.8. The van der Waals surface area contributed by atoms with Crippen LogP contribution in [0.3, 0.4) is 0 Å². The normalized spacial score (nSPS) is 15.2. The molecule has 1 fully saturated rings. The number of nitrogens with one attached hydrogen (secondary N) is 3. The summed E-state index contributed by atoms with van der Waals surface area (Å²) in [5.74, 6) is 1.15. The minimum atomic E-state index is -1.12. The topological polar surface area (TPSA) is 126 Å². The molecule has 0 aromatic carbocycles. The number of hydrogen-bond acceptors (Lipinski definition) is 8. The summed E-state index contributed by atoms with van der Waals surface area (Å²) < 4.78 is 22.3. The highest BCUT2D eigenvalue weighted by atomic mass is 19.1. The SMILES string of the molecule is COC1(C(=O)N[C@@H](C)c2ccc(-n3cccn3)nc2)CN(c2nc(Nc3cc(C)[nH]n3)cc(C)c2F)C1. The van der Waals surface area contributed by atoms with Crippen molar-refractivity contribution in [2.45, 2.75) is 32.4 Å². The van der Waals surface area contributed by atoms with E-state index >= 15 is 4.39 Å². The second kappa shape index (κ2) is 9.62. The third kappa shape index (κ3) is 4.75. The quantitative estimate of drug-likeness (QED) is 0.334. The van der Waals surface area contributed by atoms with Gasteiger partial charge in [-0.2, -0.15) is 10.2 Å². The second-order valence-electron chi connectivity index (χ2n) is 9.17. The van der Waals surface area contributed by atoms with Gasteiger partial charge in [0.2, 0.25) is 0 Å². The van der Waals surface area contributed by atoms with Crippen LogP contribution >= 0.6 is 0 Å². The molecular weight excluding hydrogens is 477 g/mol. The van der Waals surface area contributed by atoms with E-state index in [2.05, 4.69) is 35.9 Å². The summed E-state index contributed by atoms with van der Waals surface area (Å²) >= 11 is 0. The fourth-order valence-corrected chi connectivity index (χ4v) is 4.22. The Morgan fingerprint density at radius 1 is 1.24 bits per heavy atom. The van der Waals surface area contributed by atoms with Gasteiger partial charge in [-0.05, 0) is 50.1 Å². The molecular formula is C25H28FN9O2. The molecule has 0 spiro atoms. The van der Waals surface area contributed by atoms with E-state index in [1.54, 1.807) is 41.2 Å². The van der Waals surface area contributed by atoms with E-state index < -0.39 is 11.4 Å². The summed E-state index contributed by atoms with van der Waals surface area (Å²) in [6, 6.07) is 8.68. The van der Waals surface area contributed by atoms with Crippen molar-refractivity contribution in [2.75, 3.05) is 30.4 Å². The lowest BCUT2D eigenvalue weighted by Crippen LogP contribution is -2.70. The van der Waals surface area contributed by atoms with E-state index in [0.717, 1.165) is 11.3 Å². The minimum absolute atomic E-state index is 0.154. The van der Waals surface area contributed by atoms with Crippen LogP contribution < -0.4 is 15.5 Å². The van der Waals surface area contributed by atoms with Crippen LogP contribution in [0, 0.1) is 19.7 Å². The summed E-state index contributed by atoms with van der Waals surface area (Å²) in [7, 11) is 1.48. The molecule has 11 nitrogen and oxygen atoms in total. The zero-order valence-corrected chi connectivity index (χ0v) is 21.0. The first kappa shape index (κ1) is 24.4. The third-order valence-corrected chi connectivity index (χ3v) is 6.44. The maximum atomic E-state index is 15.0. The number of nitrogens with zero attached hydrogens (tertiary/aromatic N) is 6. The van der Waals surface area contributed by atoms with E-state index in [-0.39, 0.29) is 30.9 Å². The number of carbonyl (C=O) groups is 1. The summed E-state index contributed by atoms with van der Waals surface area (Å²) in [5.41, 5.74) is 1.03. The minimum Gasteiger partial charge on any atom is -0.365 e. The lowest BCUT2D eigenvalue weighted by atomic mass is 9.91. The van der Waals surface area contributed by atoms with Crippen molar-refractivity contribution in [1.82, 2.24) is 35.3 Å². The van der Waals surface area contributed by atoms with Crippen molar-refractivity contribution in [2.24, 2.45) is 0 Å². The molecule has 0 aliphatic carbocycles. The highest BCUT2D eigenvalue weighted by Gasteiger charge is 2.51. The number of aromatic nitrogens is 6. The average molecular weight is 506 g/mol. The fourth-order valence-electron chi connectivity index (χ4n) is 4.22. The maximum Gasteiger partial charge on any atom is 0.256 e. The standard InChI is InChI=1S/C25H28FN9O2/c1-15-10-19(30-20-11-16(2)32-33-20)31-23(22(15)26)34-13-25(14-34,37-4)24(36)29-17(3)18-6-7-21(27-12-18)35-9-5-8-28-35/h5-12,17H,13-14H2,1-4H3,(H,29,36)(H2,30,31,32,33)/t17-/m0/s1. The van der Waals surface area contributed by atoms with Crippen LogP contribution in [0.5, 0.6) is 0 Å². The molecule has 192 valence electrons. The monoisotopic (exact) mass is 505 g/mol. The van der Waals surface area contributed by atoms with Gasteiger partial charge < -0.3 is 20.3 Å². The molecule has 0 radical (unpaired) electrons. The molecule has 1 atom stereocenters. The van der Waals surface area contributed by atoms with Crippen LogP contribution in [0.1, 0.15) is 29.8 Å². The first-order valence-corrected chi connectivity index (χ1v) is 11.8. The molecule has 0 unspecified atom stereocenters. The molecule has 0 bridgehead atoms. The van der Waals surface area contributed by atoms with Crippen molar-refractivity contribution in [1.29, 1.82) is 0 Å². The van der Waals surface area contributed by atoms with Gasteiger partial charge in [-0.25, -0.2) is 19.0 Å². The van der Waals surface area contributed by atoms with Gasteiger partial charge in [0.15, 0.2) is 28.9 Å². The third-order valence-electron chi connectivity index (χ3n) is 6.44. The summed E-state index contributed by atoms with van der Waals surface area (Å²) in [5, 5.41) is 17.2. The number of pyridine rings is 2. The van der Waals surface area contributed by atoms with Crippen molar-refractivity contribution in [3.05, 3.63) is 71.6 Å². The largest absolute Gasteiger partial charge is 0.365 e. The Labute approximate surface area is 213 Å². The van der Waals surface area contributed by atoms with Crippen LogP contribution in [0.2, 0.25) is 0 Å². The summed E-state index contributed by atoms with van der Waals surface area (Å²) in [4.78, 5) is 23.8. The zero-order valence-electron chi connectivity index (χ0n) is 21.0. The van der Waals surface area contributed by atoms with Gasteiger partial charge in [0, 0.05) is 37.5 Å². The number of ether oxygens (including phenoxy) is 1. The van der Waals surface area contributed by atoms with Crippen LogP contribution in [0.15, 0.2) is 48.9 Å². The van der Waals surface area contributed by atoms with E-state index in [4.69, 9.17) is 4.74 Å². The Hall–Kier alpha value is -4.32. The number of hydrogen-bond donors (Lipinski definition) is 3. The van der Waals surface area contributed by atoms with Crippen molar-refractivity contribution >= 4 is 23.4 Å². The molecule has 0 saturated carbocycles. The summed E-state index contributed by atoms with van der Waals surface area (Å²) in [6.45, 7) is 5.75. The molecule has 1 aliphatic rings. The number of H-pyrrole nitrogens is 1. The zero-order chi connectivity index (χ0) is 26.2. The Balaban J connectivity index is 1.26. The molecule has 37 heavy (non-hydrogen) atoms. The molecule has 4 aromatic rings. The number of rotatable bonds is 8. The smallest absolute Gasteiger partial charge is 0.256 e. The van der Waals surface area contributed by atoms with Crippen LogP contribution in [0.25, 0.3) is 5.82 Å². The molecule has 1 saturated heterocycles. The second-order valence-corrected chi connectivity index (χ2v) is 9.17. The molecule has 1 amide bonds. The molecule has 1 aliphatic heterocycles. The van der Waals surface area contributed by atoms with Crippen molar-refractivity contribution in [3.8, 4) is 5.82 Å². The number of aromatic amines is 1. The fraction of sp³-hybridized carbons (Fsp3) is 0.320. The first-order chi connectivity index (χ1) is 17.8. The summed E-state index contributed by atoms with van der Waals surface area (Å²) in [6.07, 6.45) is 5.19. The molecule has 5 heterocycles. The van der Waals surface area contributed by atoms with E-state index in [0.29, 0.717) is 23.0 Å². The molecule has 5 rings (SSSR count). The number of amides is 1. The molecule has 4 aromatic heterocycles. The van der Waals surface area contributed by atoms with Crippen molar-refractivity contribution in [3.63, 3.8) is 0 Å². The van der Waals surface area contributed by atoms with Gasteiger partial charge in [-0.3, -0.25) is 9.89 Å². The Morgan fingerprint density at radius 2 is 2.05 bits per heavy atom. The predicted octanol–water partition coefficient (Wildman–Crippen LogP) is 2.97. The lowest BCUT2D eigenvalue weighted by molar-refractivity contribution is -0.147. The highest BCUT2D eigenvalue weighted by molar-refractivity contribution is 5.89. The number of carbonyl (C=O) groups excluding carboxylic acids is 1. The molecule has 12 heteroatoms. The number of anilines is 3. The Kier molecular flexibility index (Phi) is 6.34. The average Bonchev–Trinajstić information content (AvgIpc) is 3.54. The van der Waals surface area contributed by atoms with Crippen LogP contribution in [-0.4, -0.2) is 61.7 Å². The van der Waals surface area contributed by atoms with Crippen LogP contribution in [0.4, 0.5) is 21.8 Å². The van der Waals surface area contributed by atoms with Gasteiger partial charge >= 0.3 is 0 Å². The van der Waals surface area contributed by atoms with Gasteiger partial charge in [0.1, 0.15) is 5.82 Å². The van der Waals surface area contributed by atoms with E-state index in [1.165, 1.54) is 7.11 Å². The molecule has 3 N–H and O–H groups in total. The van der Waals surface area contributed by atoms with E-state index in [1.807, 2.05) is 38.1 Å². The lowest BCUT2D eigenvalue weighted by Gasteiger charge is -2.48. The Morgan fingerprint density at radius 3 is 2.68 bits per heavy atom. The van der Waals surface area contributed by atoms with Gasteiger partial charge in [-0.1, -0.05) is 6.07 Å².